The average molecular weight is 444 g/mol. The lowest BCUT2D eigenvalue weighted by molar-refractivity contribution is -0.384. The van der Waals surface area contributed by atoms with Crippen molar-refractivity contribution < 1.29 is 22.2 Å². The maximum Gasteiger partial charge on any atom is 0.673 e. The number of non-ortho nitro benzene ring substituents is 1. The number of rotatable bonds is 5. The quantitative estimate of drug-likeness (QED) is 0.156. The highest BCUT2D eigenvalue weighted by Crippen LogP contribution is 2.55. The molecule has 0 radical (unpaired) electrons. The topological polar surface area (TPSA) is 55.2 Å². The van der Waals surface area contributed by atoms with E-state index in [4.69, 9.17) is 0 Å². The molecule has 0 saturated heterocycles. The molecule has 0 aromatic heterocycles. The van der Waals surface area contributed by atoms with Crippen molar-refractivity contribution in [2.45, 2.75) is 25.8 Å². The molecule has 32 heavy (non-hydrogen) atoms. The van der Waals surface area contributed by atoms with Gasteiger partial charge in [-0.1, -0.05) is 29.8 Å². The van der Waals surface area contributed by atoms with E-state index in [1.807, 2.05) is 0 Å². The van der Waals surface area contributed by atoms with Crippen LogP contribution in [0.5, 0.6) is 0 Å². The Kier molecular flexibility index (Phi) is 6.77. The van der Waals surface area contributed by atoms with Gasteiger partial charge in [-0.25, -0.2) is 0 Å². The summed E-state index contributed by atoms with van der Waals surface area (Å²) in [6.07, 6.45) is 0. The van der Waals surface area contributed by atoms with Crippen LogP contribution in [0.2, 0.25) is 0 Å². The predicted octanol–water partition coefficient (Wildman–Crippen LogP) is 6.71. The van der Waals surface area contributed by atoms with Crippen LogP contribution in [0.25, 0.3) is 0 Å². The van der Waals surface area contributed by atoms with Gasteiger partial charge in [0.05, 0.1) is 16.8 Å². The van der Waals surface area contributed by atoms with E-state index in [1.165, 1.54) is 40.3 Å². The number of benzene rings is 3. The Balaban J connectivity index is 0.000000523. The van der Waals surface area contributed by atoms with Crippen molar-refractivity contribution in [2.75, 3.05) is 5.32 Å². The predicted molar refractivity (Wildman–Crippen MR) is 118 cm³/mol. The molecule has 1 N–H and O–H groups in total. The summed E-state index contributed by atoms with van der Waals surface area (Å²) in [5, 5.41) is 14.4. The first-order chi connectivity index (χ1) is 15.0. The van der Waals surface area contributed by atoms with Gasteiger partial charge in [0.15, 0.2) is 0 Å². The van der Waals surface area contributed by atoms with Gasteiger partial charge in [-0.15, -0.1) is 0 Å². The lowest BCUT2D eigenvalue weighted by Gasteiger charge is -2.04. The number of nitro groups is 1. The van der Waals surface area contributed by atoms with Crippen molar-refractivity contribution in [3.05, 3.63) is 111 Å². The highest BCUT2D eigenvalue weighted by molar-refractivity contribution is 6.50. The molecular weight excluding hydrogens is 423 g/mol. The largest absolute Gasteiger partial charge is 0.673 e. The Morgan fingerprint density at radius 3 is 1.78 bits per heavy atom. The van der Waals surface area contributed by atoms with Gasteiger partial charge in [0.25, 0.3) is 5.69 Å². The van der Waals surface area contributed by atoms with Crippen LogP contribution in [0.4, 0.5) is 28.6 Å². The first-order valence-electron chi connectivity index (χ1n) is 9.91. The number of nitrogens with zero attached hydrogens (tertiary/aromatic N) is 1. The summed E-state index contributed by atoms with van der Waals surface area (Å²) < 4.78 is 39.0. The van der Waals surface area contributed by atoms with E-state index in [9.17, 15) is 27.4 Å². The van der Waals surface area contributed by atoms with Crippen LogP contribution in [0, 0.1) is 29.9 Å². The molecule has 0 bridgehead atoms. The van der Waals surface area contributed by atoms with Gasteiger partial charge in [0, 0.05) is 30.0 Å². The molecule has 9 heteroatoms. The van der Waals surface area contributed by atoms with Gasteiger partial charge in [0.2, 0.25) is 0 Å². The minimum atomic E-state index is -6.00. The number of nitrogens with one attached hydrogen (secondary N) is 1. The van der Waals surface area contributed by atoms with Gasteiger partial charge in [-0.3, -0.25) is 10.1 Å². The summed E-state index contributed by atoms with van der Waals surface area (Å²) in [4.78, 5) is 10.5. The van der Waals surface area contributed by atoms with E-state index in [2.05, 4.69) is 67.7 Å². The molecule has 0 aliphatic heterocycles. The summed E-state index contributed by atoms with van der Waals surface area (Å²) >= 11 is 0. The average Bonchev–Trinajstić information content (AvgIpc) is 3.41. The van der Waals surface area contributed by atoms with Crippen molar-refractivity contribution in [1.29, 1.82) is 0 Å². The van der Waals surface area contributed by atoms with E-state index >= 15 is 0 Å². The van der Waals surface area contributed by atoms with Gasteiger partial charge >= 0.3 is 7.25 Å². The molecule has 4 nitrogen and oxygen atoms in total. The third-order valence-corrected chi connectivity index (χ3v) is 5.12. The molecule has 0 amide bonds. The smallest absolute Gasteiger partial charge is 0.418 e. The number of aryl methyl sites for hydroxylation is 2. The van der Waals surface area contributed by atoms with E-state index < -0.39 is 7.25 Å². The summed E-state index contributed by atoms with van der Waals surface area (Å²) in [6, 6.07) is 24.1. The first-order valence-corrected chi connectivity index (χ1v) is 9.91. The molecule has 4 rings (SSSR count). The van der Waals surface area contributed by atoms with Crippen LogP contribution in [0.1, 0.15) is 28.2 Å². The van der Waals surface area contributed by atoms with Crippen LogP contribution >= 0.6 is 0 Å². The summed E-state index contributed by atoms with van der Waals surface area (Å²) in [5.74, 6) is 1.67. The van der Waals surface area contributed by atoms with Crippen molar-refractivity contribution in [1.82, 2.24) is 0 Å². The monoisotopic (exact) mass is 444 g/mol. The van der Waals surface area contributed by atoms with Gasteiger partial charge in [-0.2, -0.15) is 0 Å². The third-order valence-electron chi connectivity index (χ3n) is 5.12. The van der Waals surface area contributed by atoms with Crippen LogP contribution in [0.3, 0.4) is 0 Å². The van der Waals surface area contributed by atoms with E-state index in [1.54, 1.807) is 12.1 Å². The fourth-order valence-corrected chi connectivity index (χ4v) is 3.53. The molecule has 1 fully saturated rings. The molecule has 2 atom stereocenters. The summed E-state index contributed by atoms with van der Waals surface area (Å²) in [7, 11) is -6.00. The van der Waals surface area contributed by atoms with Crippen LogP contribution in [-0.2, 0) is 0 Å². The minimum absolute atomic E-state index is 0.106. The molecule has 2 unspecified atom stereocenters. The standard InChI is InChI=1S/C23H21N2O2.BF4/c1-15-3-7-17(8-4-15)21-22(18-9-5-16(2)6-10-18)23(21)24-19-11-13-20(14-12-19)25(26)27;2-1(3,4)5/h3-14,21,23-24H,1-2H3;/q+1;-1. The van der Waals surface area contributed by atoms with Crippen LogP contribution < -0.4 is 5.32 Å². The number of anilines is 1. The highest BCUT2D eigenvalue weighted by atomic mass is 19.5. The molecule has 1 saturated carbocycles. The number of hydrogen-bond acceptors (Lipinski definition) is 3. The minimum Gasteiger partial charge on any atom is -0.418 e. The Morgan fingerprint density at radius 1 is 0.844 bits per heavy atom. The van der Waals surface area contributed by atoms with Crippen LogP contribution in [-0.4, -0.2) is 18.2 Å². The van der Waals surface area contributed by atoms with Crippen molar-refractivity contribution in [3.63, 3.8) is 0 Å². The maximum atomic E-state index is 10.9. The molecule has 1 aliphatic rings. The lowest BCUT2D eigenvalue weighted by atomic mass is 10.0. The lowest BCUT2D eigenvalue weighted by Crippen LogP contribution is -2.06. The maximum absolute atomic E-state index is 10.9. The van der Waals surface area contributed by atoms with Crippen molar-refractivity contribution in [3.8, 4) is 0 Å². The molecule has 3 aromatic carbocycles. The fraction of sp³-hybridized carbons (Fsp3) is 0.174. The second-order valence-corrected chi connectivity index (χ2v) is 7.63. The highest BCUT2D eigenvalue weighted by Gasteiger charge is 2.58. The molecular formula is C23H21BF4N2O2. The zero-order valence-corrected chi connectivity index (χ0v) is 17.4. The third kappa shape index (κ3) is 6.26. The van der Waals surface area contributed by atoms with Crippen molar-refractivity contribution in [2.24, 2.45) is 0 Å². The Labute approximate surface area is 183 Å². The Hall–Kier alpha value is -3.49. The normalized spacial score (nSPS) is 17.2. The fourth-order valence-electron chi connectivity index (χ4n) is 3.53. The Morgan fingerprint density at radius 2 is 1.31 bits per heavy atom. The van der Waals surface area contributed by atoms with E-state index in [-0.39, 0.29) is 16.7 Å². The second-order valence-electron chi connectivity index (χ2n) is 7.63. The van der Waals surface area contributed by atoms with Gasteiger partial charge in [0.1, 0.15) is 11.6 Å². The molecule has 3 aromatic rings. The van der Waals surface area contributed by atoms with Gasteiger partial charge in [-0.05, 0) is 49.2 Å². The second kappa shape index (κ2) is 9.34. The molecule has 166 valence electrons. The Bertz CT molecular complexity index is 998. The van der Waals surface area contributed by atoms with Crippen molar-refractivity contribution >= 4 is 18.6 Å². The zero-order chi connectivity index (χ0) is 23.5. The number of halogens is 4. The van der Waals surface area contributed by atoms with Gasteiger partial charge < -0.3 is 22.6 Å². The molecule has 0 heterocycles. The SMILES string of the molecule is Cc1ccc([C+]2C(Nc3ccc([N+](=O)[O-])cc3)C2c2ccc(C)cc2)cc1.F[B-](F)(F)F. The molecule has 1 aliphatic carbocycles. The molecule has 0 spiro atoms. The summed E-state index contributed by atoms with van der Waals surface area (Å²) in [6.45, 7) is 4.18. The number of nitro benzene ring substituents is 1. The van der Waals surface area contributed by atoms with E-state index in [0.717, 1.165) is 5.69 Å². The number of hydrogen-bond donors (Lipinski definition) is 1. The zero-order valence-electron chi connectivity index (χ0n) is 17.4. The summed E-state index contributed by atoms with van der Waals surface area (Å²) in [5.41, 5.74) is 6.02. The first kappa shape index (κ1) is 23.2. The van der Waals surface area contributed by atoms with Crippen LogP contribution in [0.15, 0.2) is 72.8 Å². The van der Waals surface area contributed by atoms with E-state index in [0.29, 0.717) is 5.92 Å².